The van der Waals surface area contributed by atoms with E-state index >= 15 is 0 Å². The van der Waals surface area contributed by atoms with Gasteiger partial charge in [0.05, 0.1) is 19.8 Å². The van der Waals surface area contributed by atoms with Crippen molar-refractivity contribution < 1.29 is 23.5 Å². The molecule has 8 heteroatoms. The van der Waals surface area contributed by atoms with Gasteiger partial charge in [0.2, 0.25) is 0 Å². The molecule has 1 aromatic carbocycles. The molecule has 0 aliphatic carbocycles. The third-order valence-electron chi connectivity index (χ3n) is 4.11. The number of hydrogen-bond acceptors (Lipinski definition) is 7. The lowest BCUT2D eigenvalue weighted by atomic mass is 9.86. The minimum atomic E-state index is -0.738. The normalized spacial score (nSPS) is 19.4. The van der Waals surface area contributed by atoms with Crippen LogP contribution in [0.2, 0.25) is 0 Å². The van der Waals surface area contributed by atoms with E-state index in [1.165, 1.54) is 12.7 Å². The number of nitrogens with zero attached hydrogens (tertiary/aromatic N) is 2. The van der Waals surface area contributed by atoms with Gasteiger partial charge >= 0.3 is 0 Å². The standard InChI is InChI=1S/C17H21N3O5/c1-22-9-14-19-15(20-25-14)16(21)18-10-17(11-23-2)13-6-4-3-5-12(13)7-8-24-17/h3-6H,7-11H2,1-2H3,(H,18,21). The summed E-state index contributed by atoms with van der Waals surface area (Å²) in [6.07, 6.45) is 0.834. The molecule has 0 saturated heterocycles. The first kappa shape index (κ1) is 17.5. The minimum absolute atomic E-state index is 0.0382. The molecule has 2 heterocycles. The van der Waals surface area contributed by atoms with Crippen LogP contribution in [0, 0.1) is 0 Å². The van der Waals surface area contributed by atoms with Gasteiger partial charge in [0.15, 0.2) is 0 Å². The fourth-order valence-electron chi connectivity index (χ4n) is 3.00. The SMILES string of the molecule is COCc1nc(C(=O)NCC2(COC)OCCc3ccccc32)no1. The van der Waals surface area contributed by atoms with E-state index < -0.39 is 11.5 Å². The van der Waals surface area contributed by atoms with Gasteiger partial charge in [-0.2, -0.15) is 4.98 Å². The number of rotatable bonds is 7. The first-order valence-corrected chi connectivity index (χ1v) is 7.99. The van der Waals surface area contributed by atoms with Gasteiger partial charge in [-0.25, -0.2) is 0 Å². The lowest BCUT2D eigenvalue weighted by molar-refractivity contribution is -0.0997. The third-order valence-corrected chi connectivity index (χ3v) is 4.11. The zero-order valence-electron chi connectivity index (χ0n) is 14.3. The highest BCUT2D eigenvalue weighted by Gasteiger charge is 2.38. The maximum Gasteiger partial charge on any atom is 0.292 e. The molecule has 1 atom stereocenters. The molecule has 8 nitrogen and oxygen atoms in total. The van der Waals surface area contributed by atoms with Gasteiger partial charge in [0, 0.05) is 14.2 Å². The Balaban J connectivity index is 1.75. The Kier molecular flexibility index (Phi) is 5.42. The zero-order valence-corrected chi connectivity index (χ0v) is 14.3. The Morgan fingerprint density at radius 3 is 2.96 bits per heavy atom. The van der Waals surface area contributed by atoms with Gasteiger partial charge in [0.1, 0.15) is 12.2 Å². The van der Waals surface area contributed by atoms with Crippen molar-refractivity contribution in [2.75, 3.05) is 34.0 Å². The second-order valence-corrected chi connectivity index (χ2v) is 5.81. The molecule has 134 valence electrons. The smallest absolute Gasteiger partial charge is 0.292 e. The molecule has 3 rings (SSSR count). The van der Waals surface area contributed by atoms with E-state index in [0.717, 1.165) is 12.0 Å². The number of benzene rings is 1. The predicted molar refractivity (Wildman–Crippen MR) is 87.0 cm³/mol. The van der Waals surface area contributed by atoms with E-state index in [9.17, 15) is 4.79 Å². The van der Waals surface area contributed by atoms with Crippen LogP contribution in [0.25, 0.3) is 0 Å². The topological polar surface area (TPSA) is 95.7 Å². The van der Waals surface area contributed by atoms with Crippen LogP contribution in [-0.2, 0) is 32.8 Å². The van der Waals surface area contributed by atoms with E-state index in [0.29, 0.717) is 13.2 Å². The van der Waals surface area contributed by atoms with Gasteiger partial charge in [-0.1, -0.05) is 29.4 Å². The van der Waals surface area contributed by atoms with Crippen LogP contribution in [-0.4, -0.2) is 50.0 Å². The van der Waals surface area contributed by atoms with Crippen LogP contribution in [0.15, 0.2) is 28.8 Å². The van der Waals surface area contributed by atoms with E-state index in [1.807, 2.05) is 18.2 Å². The molecule has 1 unspecified atom stereocenters. The van der Waals surface area contributed by atoms with Gasteiger partial charge in [-0.3, -0.25) is 4.79 Å². The maximum absolute atomic E-state index is 12.3. The Morgan fingerprint density at radius 2 is 2.16 bits per heavy atom. The van der Waals surface area contributed by atoms with Gasteiger partial charge in [-0.15, -0.1) is 0 Å². The Morgan fingerprint density at radius 1 is 1.32 bits per heavy atom. The minimum Gasteiger partial charge on any atom is -0.381 e. The first-order chi connectivity index (χ1) is 12.2. The summed E-state index contributed by atoms with van der Waals surface area (Å²) in [5.41, 5.74) is 1.48. The maximum atomic E-state index is 12.3. The molecule has 25 heavy (non-hydrogen) atoms. The fraction of sp³-hybridized carbons (Fsp3) is 0.471. The zero-order chi connectivity index (χ0) is 17.7. The molecule has 1 N–H and O–H groups in total. The van der Waals surface area contributed by atoms with Crippen molar-refractivity contribution in [1.82, 2.24) is 15.5 Å². The quantitative estimate of drug-likeness (QED) is 0.800. The molecule has 0 saturated carbocycles. The average molecular weight is 347 g/mol. The highest BCUT2D eigenvalue weighted by atomic mass is 16.5. The van der Waals surface area contributed by atoms with Crippen LogP contribution in [0.5, 0.6) is 0 Å². The molecule has 1 aliphatic rings. The molecule has 0 fully saturated rings. The third kappa shape index (κ3) is 3.71. The monoisotopic (exact) mass is 347 g/mol. The number of nitrogens with one attached hydrogen (secondary N) is 1. The summed E-state index contributed by atoms with van der Waals surface area (Å²) in [6, 6.07) is 8.03. The van der Waals surface area contributed by atoms with E-state index in [1.54, 1.807) is 7.11 Å². The van der Waals surface area contributed by atoms with Crippen molar-refractivity contribution in [2.45, 2.75) is 18.6 Å². The molecular weight excluding hydrogens is 326 g/mol. The molecule has 1 aromatic heterocycles. The number of carbonyl (C=O) groups excluding carboxylic acids is 1. The Hall–Kier alpha value is -2.29. The van der Waals surface area contributed by atoms with Crippen molar-refractivity contribution in [3.05, 3.63) is 47.1 Å². The molecule has 0 radical (unpaired) electrons. The largest absolute Gasteiger partial charge is 0.381 e. The van der Waals surface area contributed by atoms with Crippen molar-refractivity contribution in [2.24, 2.45) is 0 Å². The number of hydrogen-bond donors (Lipinski definition) is 1. The number of methoxy groups -OCH3 is 2. The highest BCUT2D eigenvalue weighted by molar-refractivity contribution is 5.90. The summed E-state index contributed by atoms with van der Waals surface area (Å²) < 4.78 is 21.3. The molecule has 1 amide bonds. The number of carbonyl (C=O) groups is 1. The molecule has 1 aliphatic heterocycles. The van der Waals surface area contributed by atoms with Gasteiger partial charge in [0.25, 0.3) is 17.6 Å². The molecule has 0 spiro atoms. The number of ether oxygens (including phenoxy) is 3. The number of aromatic nitrogens is 2. The summed E-state index contributed by atoms with van der Waals surface area (Å²) in [7, 11) is 3.12. The number of fused-ring (bicyclic) bond motifs is 1. The van der Waals surface area contributed by atoms with E-state index in [4.69, 9.17) is 18.7 Å². The number of amides is 1. The summed E-state index contributed by atoms with van der Waals surface area (Å²) in [5.74, 6) is -0.226. The van der Waals surface area contributed by atoms with Crippen molar-refractivity contribution in [3.8, 4) is 0 Å². The van der Waals surface area contributed by atoms with Gasteiger partial charge < -0.3 is 24.1 Å². The van der Waals surface area contributed by atoms with Crippen LogP contribution in [0.1, 0.15) is 27.6 Å². The van der Waals surface area contributed by atoms with Crippen molar-refractivity contribution >= 4 is 5.91 Å². The first-order valence-electron chi connectivity index (χ1n) is 7.99. The van der Waals surface area contributed by atoms with Crippen LogP contribution >= 0.6 is 0 Å². The second-order valence-electron chi connectivity index (χ2n) is 5.81. The highest BCUT2D eigenvalue weighted by Crippen LogP contribution is 2.33. The van der Waals surface area contributed by atoms with Gasteiger partial charge in [-0.05, 0) is 17.5 Å². The summed E-state index contributed by atoms with van der Waals surface area (Å²) in [6.45, 7) is 1.29. The van der Waals surface area contributed by atoms with Crippen LogP contribution < -0.4 is 5.32 Å². The molecule has 2 aromatic rings. The van der Waals surface area contributed by atoms with E-state index in [2.05, 4.69) is 21.5 Å². The van der Waals surface area contributed by atoms with Crippen molar-refractivity contribution in [1.29, 1.82) is 0 Å². The van der Waals surface area contributed by atoms with Crippen molar-refractivity contribution in [3.63, 3.8) is 0 Å². The van der Waals surface area contributed by atoms with Crippen LogP contribution in [0.4, 0.5) is 0 Å². The average Bonchev–Trinajstić information content (AvgIpc) is 3.09. The summed E-state index contributed by atoms with van der Waals surface area (Å²) in [5, 5.41) is 6.48. The predicted octanol–water partition coefficient (Wildman–Crippen LogP) is 1.06. The Labute approximate surface area is 145 Å². The summed E-state index contributed by atoms with van der Waals surface area (Å²) >= 11 is 0. The molecular formula is C17H21N3O5. The molecule has 0 bridgehead atoms. The lowest BCUT2D eigenvalue weighted by Crippen LogP contribution is -2.48. The second kappa shape index (κ2) is 7.73. The lowest BCUT2D eigenvalue weighted by Gasteiger charge is -2.38. The van der Waals surface area contributed by atoms with E-state index in [-0.39, 0.29) is 24.9 Å². The summed E-state index contributed by atoms with van der Waals surface area (Å²) in [4.78, 5) is 16.3. The van der Waals surface area contributed by atoms with Crippen LogP contribution in [0.3, 0.4) is 0 Å². The Bertz CT molecular complexity index is 733. The fourth-order valence-corrected chi connectivity index (χ4v) is 3.00.